The fourth-order valence-electron chi connectivity index (χ4n) is 2.19. The van der Waals surface area contributed by atoms with Gasteiger partial charge < -0.3 is 5.11 Å². The molecule has 1 N–H and O–H groups in total. The van der Waals surface area contributed by atoms with Crippen LogP contribution in [0.4, 0.5) is 11.4 Å². The molecular weight excluding hydrogens is 292 g/mol. The van der Waals surface area contributed by atoms with Crippen LogP contribution in [0, 0.1) is 24.2 Å². The zero-order valence-electron chi connectivity index (χ0n) is 13.3. The van der Waals surface area contributed by atoms with E-state index in [-0.39, 0.29) is 23.0 Å². The Morgan fingerprint density at radius 3 is 2.48 bits per heavy atom. The van der Waals surface area contributed by atoms with Crippen molar-refractivity contribution in [3.8, 4) is 11.9 Å². The van der Waals surface area contributed by atoms with Gasteiger partial charge in [-0.3, -0.25) is 9.36 Å². The minimum absolute atomic E-state index is 0.0484. The van der Waals surface area contributed by atoms with Crippen molar-refractivity contribution in [1.82, 2.24) is 4.57 Å². The average molecular weight is 310 g/mol. The number of aromatic nitrogens is 1. The highest BCUT2D eigenvalue weighted by atomic mass is 16.3. The summed E-state index contributed by atoms with van der Waals surface area (Å²) in [7, 11) is 0. The van der Waals surface area contributed by atoms with Gasteiger partial charge in [0.25, 0.3) is 5.56 Å². The summed E-state index contributed by atoms with van der Waals surface area (Å²) in [4.78, 5) is 12.6. The van der Waals surface area contributed by atoms with Crippen LogP contribution in [0.2, 0.25) is 0 Å². The van der Waals surface area contributed by atoms with Crippen LogP contribution in [0.5, 0.6) is 5.88 Å². The second kappa shape index (κ2) is 6.88. The maximum absolute atomic E-state index is 12.6. The Bertz CT molecular complexity index is 830. The van der Waals surface area contributed by atoms with E-state index in [2.05, 4.69) is 10.2 Å². The molecule has 0 aliphatic rings. The van der Waals surface area contributed by atoms with Crippen molar-refractivity contribution in [2.75, 3.05) is 0 Å². The molecule has 1 heterocycles. The highest BCUT2D eigenvalue weighted by Crippen LogP contribution is 2.27. The quantitative estimate of drug-likeness (QED) is 0.870. The summed E-state index contributed by atoms with van der Waals surface area (Å²) in [5, 5.41) is 27.5. The van der Waals surface area contributed by atoms with Gasteiger partial charge in [0.1, 0.15) is 11.6 Å². The van der Waals surface area contributed by atoms with Gasteiger partial charge in [-0.2, -0.15) is 10.4 Å². The minimum atomic E-state index is -0.451. The molecule has 0 spiro atoms. The maximum atomic E-state index is 12.6. The smallest absolute Gasteiger partial charge is 0.281 e. The first kappa shape index (κ1) is 16.4. The molecule has 23 heavy (non-hydrogen) atoms. The predicted octanol–water partition coefficient (Wildman–Crippen LogP) is 3.81. The SMILES string of the molecule is Cc1c(C#N)c(O)n(CC(C)C)c(=O)c1N=Nc1ccccc1. The Hall–Kier alpha value is -2.94. The minimum Gasteiger partial charge on any atom is -0.493 e. The molecule has 0 aliphatic carbocycles. The number of azo groups is 1. The monoisotopic (exact) mass is 310 g/mol. The molecule has 1 aromatic carbocycles. The van der Waals surface area contributed by atoms with Crippen molar-refractivity contribution in [3.05, 3.63) is 51.8 Å². The second-order valence-corrected chi connectivity index (χ2v) is 5.63. The summed E-state index contributed by atoms with van der Waals surface area (Å²) in [6, 6.07) is 10.9. The predicted molar refractivity (Wildman–Crippen MR) is 87.3 cm³/mol. The van der Waals surface area contributed by atoms with Gasteiger partial charge in [0.2, 0.25) is 5.88 Å². The molecule has 0 amide bonds. The van der Waals surface area contributed by atoms with Crippen molar-refractivity contribution in [1.29, 1.82) is 5.26 Å². The van der Waals surface area contributed by atoms with Crippen LogP contribution < -0.4 is 5.56 Å². The molecule has 1 aromatic heterocycles. The van der Waals surface area contributed by atoms with Crippen LogP contribution in [-0.2, 0) is 6.54 Å². The highest BCUT2D eigenvalue weighted by Gasteiger charge is 2.19. The van der Waals surface area contributed by atoms with Gasteiger partial charge in [-0.25, -0.2) is 0 Å². The van der Waals surface area contributed by atoms with Gasteiger partial charge in [0.15, 0.2) is 5.69 Å². The summed E-state index contributed by atoms with van der Waals surface area (Å²) in [5.74, 6) is -0.186. The van der Waals surface area contributed by atoms with Crippen LogP contribution in [0.3, 0.4) is 0 Å². The lowest BCUT2D eigenvalue weighted by atomic mass is 10.1. The molecule has 2 rings (SSSR count). The molecule has 6 nitrogen and oxygen atoms in total. The Morgan fingerprint density at radius 2 is 1.91 bits per heavy atom. The third-order valence-electron chi connectivity index (χ3n) is 3.34. The van der Waals surface area contributed by atoms with Crippen molar-refractivity contribution in [2.45, 2.75) is 27.3 Å². The Morgan fingerprint density at radius 1 is 1.26 bits per heavy atom. The lowest BCUT2D eigenvalue weighted by molar-refractivity contribution is 0.381. The molecule has 0 atom stereocenters. The van der Waals surface area contributed by atoms with E-state index in [1.165, 1.54) is 4.57 Å². The van der Waals surface area contributed by atoms with Crippen molar-refractivity contribution >= 4 is 11.4 Å². The maximum Gasteiger partial charge on any atom is 0.281 e. The second-order valence-electron chi connectivity index (χ2n) is 5.63. The van der Waals surface area contributed by atoms with E-state index >= 15 is 0 Å². The third-order valence-corrected chi connectivity index (χ3v) is 3.34. The summed E-state index contributed by atoms with van der Waals surface area (Å²) >= 11 is 0. The highest BCUT2D eigenvalue weighted by molar-refractivity contribution is 5.56. The van der Waals surface area contributed by atoms with Crippen LogP contribution >= 0.6 is 0 Å². The van der Waals surface area contributed by atoms with Crippen molar-refractivity contribution in [2.24, 2.45) is 16.1 Å². The summed E-state index contributed by atoms with van der Waals surface area (Å²) in [6.07, 6.45) is 0. The van der Waals surface area contributed by atoms with Gasteiger partial charge >= 0.3 is 0 Å². The van der Waals surface area contributed by atoms with Crippen LogP contribution in [0.15, 0.2) is 45.4 Å². The lowest BCUT2D eigenvalue weighted by Crippen LogP contribution is -2.24. The van der Waals surface area contributed by atoms with Crippen molar-refractivity contribution < 1.29 is 5.11 Å². The van der Waals surface area contributed by atoms with E-state index in [4.69, 9.17) is 0 Å². The van der Waals surface area contributed by atoms with Gasteiger partial charge in [-0.05, 0) is 25.0 Å². The number of benzene rings is 1. The number of rotatable bonds is 4. The number of hydrogen-bond donors (Lipinski definition) is 1. The molecular formula is C17H18N4O2. The fraction of sp³-hybridized carbons (Fsp3) is 0.294. The Labute approximate surface area is 134 Å². The first-order valence-electron chi connectivity index (χ1n) is 7.29. The molecule has 0 unspecified atom stereocenters. The van der Waals surface area contributed by atoms with E-state index in [0.717, 1.165) is 0 Å². The topological polar surface area (TPSA) is 90.7 Å². The van der Waals surface area contributed by atoms with Crippen LogP contribution in [-0.4, -0.2) is 9.67 Å². The number of hydrogen-bond acceptors (Lipinski definition) is 5. The van der Waals surface area contributed by atoms with E-state index in [0.29, 0.717) is 17.8 Å². The molecule has 6 heteroatoms. The number of pyridine rings is 1. The zero-order chi connectivity index (χ0) is 17.0. The van der Waals surface area contributed by atoms with Gasteiger partial charge in [0, 0.05) is 12.1 Å². The van der Waals surface area contributed by atoms with Crippen molar-refractivity contribution in [3.63, 3.8) is 0 Å². The Balaban J connectivity index is 2.61. The number of aromatic hydroxyl groups is 1. The first-order chi connectivity index (χ1) is 11.0. The molecule has 2 aromatic rings. The summed E-state index contributed by atoms with van der Waals surface area (Å²) < 4.78 is 1.18. The molecule has 0 aliphatic heterocycles. The van der Waals surface area contributed by atoms with Crippen LogP contribution in [0.25, 0.3) is 0 Å². The standard InChI is InChI=1S/C17H18N4O2/c1-11(2)10-21-16(22)14(9-18)12(3)15(17(21)23)20-19-13-7-5-4-6-8-13/h4-8,11,22H,10H2,1-3H3. The van der Waals surface area contributed by atoms with Gasteiger partial charge in [0.05, 0.1) is 5.69 Å². The summed E-state index contributed by atoms with van der Waals surface area (Å²) in [5.41, 5.74) is 0.603. The van der Waals surface area contributed by atoms with E-state index < -0.39 is 5.56 Å². The number of nitriles is 1. The third kappa shape index (κ3) is 3.46. The average Bonchev–Trinajstić information content (AvgIpc) is 2.53. The fourth-order valence-corrected chi connectivity index (χ4v) is 2.19. The lowest BCUT2D eigenvalue weighted by Gasteiger charge is -2.14. The molecule has 118 valence electrons. The van der Waals surface area contributed by atoms with Crippen LogP contribution in [0.1, 0.15) is 25.0 Å². The van der Waals surface area contributed by atoms with E-state index in [1.54, 1.807) is 19.1 Å². The molecule has 0 fully saturated rings. The molecule has 0 saturated heterocycles. The summed E-state index contributed by atoms with van der Waals surface area (Å²) in [6.45, 7) is 5.72. The van der Waals surface area contributed by atoms with E-state index in [1.807, 2.05) is 38.1 Å². The molecule has 0 saturated carbocycles. The normalized spacial score (nSPS) is 11.1. The van der Waals surface area contributed by atoms with Gasteiger partial charge in [-0.15, -0.1) is 5.11 Å². The zero-order valence-corrected chi connectivity index (χ0v) is 13.3. The first-order valence-corrected chi connectivity index (χ1v) is 7.29. The molecule has 0 bridgehead atoms. The Kier molecular flexibility index (Phi) is 4.91. The molecule has 0 radical (unpaired) electrons. The van der Waals surface area contributed by atoms with E-state index in [9.17, 15) is 15.2 Å². The van der Waals surface area contributed by atoms with Gasteiger partial charge in [-0.1, -0.05) is 32.0 Å². The number of nitrogens with zero attached hydrogens (tertiary/aromatic N) is 4. The largest absolute Gasteiger partial charge is 0.493 e.